The fourth-order valence-corrected chi connectivity index (χ4v) is 0.760. The first-order chi connectivity index (χ1) is 4.47. The third-order valence-electron chi connectivity index (χ3n) is 1.20. The summed E-state index contributed by atoms with van der Waals surface area (Å²) in [5.41, 5.74) is 7.13. The maximum absolute atomic E-state index is 4.81. The molecule has 1 heterocycles. The monoisotopic (exact) mass is 121 g/mol. The first kappa shape index (κ1) is 4.64. The number of nitrogens with one attached hydrogen (secondary N) is 1. The second-order valence-electron chi connectivity index (χ2n) is 1.79. The van der Waals surface area contributed by atoms with Crippen molar-refractivity contribution in [1.29, 1.82) is 0 Å². The number of fused-ring (bicyclic) bond motifs is 1. The molecule has 3 nitrogen and oxygen atoms in total. The van der Waals surface area contributed by atoms with E-state index in [1.807, 2.05) is 24.3 Å². The summed E-state index contributed by atoms with van der Waals surface area (Å²) in [6.45, 7) is 0. The third-order valence-corrected chi connectivity index (χ3v) is 1.20. The Bertz CT molecular complexity index is 201. The van der Waals surface area contributed by atoms with Crippen molar-refractivity contribution < 1.29 is 4.84 Å². The van der Waals surface area contributed by atoms with Gasteiger partial charge in [-0.1, -0.05) is 12.1 Å². The van der Waals surface area contributed by atoms with Crippen LogP contribution < -0.4 is 15.9 Å². The molecule has 1 aromatic carbocycles. The molecule has 3 heteroatoms. The molecule has 1 N–H and O–H groups in total. The number of nitrogens with zero attached hydrogens (tertiary/aromatic N) is 1. The molecule has 1 aliphatic rings. The summed E-state index contributed by atoms with van der Waals surface area (Å²) >= 11 is 0. The lowest BCUT2D eigenvalue weighted by atomic mass is 10.3. The smallest absolute Gasteiger partial charge is 0.176 e. The molecule has 0 unspecified atom stereocenters. The zero-order valence-corrected chi connectivity index (χ0v) is 4.66. The van der Waals surface area contributed by atoms with E-state index in [2.05, 4.69) is 11.0 Å². The average molecular weight is 121 g/mol. The van der Waals surface area contributed by atoms with E-state index < -0.39 is 0 Å². The highest BCUT2D eigenvalue weighted by molar-refractivity contribution is 5.57. The lowest BCUT2D eigenvalue weighted by molar-refractivity contribution is 0.236. The molecule has 9 heavy (non-hydrogen) atoms. The molecule has 0 bridgehead atoms. The average Bonchev–Trinajstić information content (AvgIpc) is 2.33. The molecule has 0 aliphatic carbocycles. The molecule has 1 radical (unpaired) electrons. The molecule has 0 spiro atoms. The lowest BCUT2D eigenvalue weighted by Gasteiger charge is -1.88. The van der Waals surface area contributed by atoms with Gasteiger partial charge in [-0.2, -0.15) is 0 Å². The van der Waals surface area contributed by atoms with Gasteiger partial charge in [-0.3, -0.25) is 5.43 Å². The van der Waals surface area contributed by atoms with E-state index >= 15 is 0 Å². The largest absolute Gasteiger partial charge is 0.365 e. The van der Waals surface area contributed by atoms with Gasteiger partial charge in [0.05, 0.1) is 11.3 Å². The van der Waals surface area contributed by atoms with Crippen LogP contribution in [0, 0.1) is 0 Å². The Morgan fingerprint density at radius 2 is 2.22 bits per heavy atom. The van der Waals surface area contributed by atoms with Crippen molar-refractivity contribution in [3.63, 3.8) is 0 Å². The SMILES string of the molecule is c1ccc2c(c1)N[N]O2. The summed E-state index contributed by atoms with van der Waals surface area (Å²) in [5, 5.41) is 0. The van der Waals surface area contributed by atoms with Crippen LogP contribution in [0.1, 0.15) is 0 Å². The Kier molecular flexibility index (Phi) is 0.841. The molecule has 0 fully saturated rings. The quantitative estimate of drug-likeness (QED) is 0.554. The molecule has 0 atom stereocenters. The highest BCUT2D eigenvalue weighted by Crippen LogP contribution is 2.25. The lowest BCUT2D eigenvalue weighted by Crippen LogP contribution is -2.06. The molecule has 1 aliphatic heterocycles. The molecular weight excluding hydrogens is 116 g/mol. The Morgan fingerprint density at radius 1 is 1.33 bits per heavy atom. The second kappa shape index (κ2) is 1.63. The van der Waals surface area contributed by atoms with E-state index in [0.29, 0.717) is 0 Å². The van der Waals surface area contributed by atoms with Gasteiger partial charge >= 0.3 is 0 Å². The van der Waals surface area contributed by atoms with Gasteiger partial charge in [0, 0.05) is 0 Å². The van der Waals surface area contributed by atoms with Gasteiger partial charge < -0.3 is 4.84 Å². The fraction of sp³-hybridized carbons (Fsp3) is 0. The Balaban J connectivity index is 2.54. The minimum atomic E-state index is 0.789. The third kappa shape index (κ3) is 0.622. The summed E-state index contributed by atoms with van der Waals surface area (Å²) in [4.78, 5) is 4.81. The predicted octanol–water partition coefficient (Wildman–Crippen LogP) is 0.925. The Morgan fingerprint density at radius 3 is 3.11 bits per heavy atom. The number of hydrogen-bond acceptors (Lipinski definition) is 2. The minimum Gasteiger partial charge on any atom is -0.365 e. The normalized spacial score (nSPS) is 13.8. The van der Waals surface area contributed by atoms with Crippen LogP contribution >= 0.6 is 0 Å². The fourth-order valence-electron chi connectivity index (χ4n) is 0.760. The Labute approximate surface area is 52.6 Å². The maximum Gasteiger partial charge on any atom is 0.176 e. The van der Waals surface area contributed by atoms with E-state index in [4.69, 9.17) is 4.84 Å². The molecule has 1 aromatic rings. The van der Waals surface area contributed by atoms with Gasteiger partial charge in [0.2, 0.25) is 0 Å². The van der Waals surface area contributed by atoms with Crippen molar-refractivity contribution in [3.05, 3.63) is 24.3 Å². The van der Waals surface area contributed by atoms with Gasteiger partial charge in [-0.15, -0.1) is 0 Å². The molecule has 45 valence electrons. The van der Waals surface area contributed by atoms with E-state index in [9.17, 15) is 0 Å². The number of hydrogen-bond donors (Lipinski definition) is 1. The highest BCUT2D eigenvalue weighted by atomic mass is 16.7. The first-order valence-electron chi connectivity index (χ1n) is 2.69. The maximum atomic E-state index is 4.81. The summed E-state index contributed by atoms with van der Waals surface area (Å²) in [5.74, 6) is 0.789. The van der Waals surface area contributed by atoms with Gasteiger partial charge in [-0.05, 0) is 12.1 Å². The minimum absolute atomic E-state index is 0.789. The Hall–Kier alpha value is -1.22. The van der Waals surface area contributed by atoms with Crippen molar-refractivity contribution in [1.82, 2.24) is 5.59 Å². The summed E-state index contributed by atoms with van der Waals surface area (Å²) < 4.78 is 0. The van der Waals surface area contributed by atoms with Crippen LogP contribution in [0.5, 0.6) is 5.75 Å². The van der Waals surface area contributed by atoms with Gasteiger partial charge in [0.25, 0.3) is 0 Å². The van der Waals surface area contributed by atoms with Gasteiger partial charge in [0.1, 0.15) is 0 Å². The molecule has 0 amide bonds. The second-order valence-corrected chi connectivity index (χ2v) is 1.79. The number of para-hydroxylation sites is 2. The summed E-state index contributed by atoms with van der Waals surface area (Å²) in [6, 6.07) is 7.60. The highest BCUT2D eigenvalue weighted by Gasteiger charge is 2.09. The van der Waals surface area contributed by atoms with Gasteiger partial charge in [0.15, 0.2) is 5.75 Å². The standard InChI is InChI=1S/C6H5N2O/c1-2-4-6-5(3-1)7-8-9-6/h1-4,7H. The van der Waals surface area contributed by atoms with Crippen LogP contribution in [0.15, 0.2) is 24.3 Å². The summed E-state index contributed by atoms with van der Waals surface area (Å²) in [6.07, 6.45) is 0. The van der Waals surface area contributed by atoms with Crippen LogP contribution in [-0.2, 0) is 0 Å². The molecule has 2 rings (SSSR count). The van der Waals surface area contributed by atoms with Crippen molar-refractivity contribution in [2.45, 2.75) is 0 Å². The predicted molar refractivity (Wildman–Crippen MR) is 32.8 cm³/mol. The molecule has 0 aromatic heterocycles. The number of rotatable bonds is 0. The molecular formula is C6H5N2O. The topological polar surface area (TPSA) is 35.4 Å². The van der Waals surface area contributed by atoms with Crippen LogP contribution in [-0.4, -0.2) is 0 Å². The van der Waals surface area contributed by atoms with E-state index in [1.165, 1.54) is 0 Å². The van der Waals surface area contributed by atoms with Gasteiger partial charge in [-0.25, -0.2) is 0 Å². The van der Waals surface area contributed by atoms with Crippen molar-refractivity contribution >= 4 is 5.69 Å². The van der Waals surface area contributed by atoms with E-state index in [-0.39, 0.29) is 0 Å². The zero-order valence-electron chi connectivity index (χ0n) is 4.66. The van der Waals surface area contributed by atoms with E-state index in [0.717, 1.165) is 11.4 Å². The number of benzene rings is 1. The van der Waals surface area contributed by atoms with E-state index in [1.54, 1.807) is 0 Å². The summed E-state index contributed by atoms with van der Waals surface area (Å²) in [7, 11) is 0. The van der Waals surface area contributed by atoms with Crippen molar-refractivity contribution in [2.24, 2.45) is 0 Å². The van der Waals surface area contributed by atoms with Crippen molar-refractivity contribution in [3.8, 4) is 5.75 Å². The van der Waals surface area contributed by atoms with Crippen LogP contribution in [0.4, 0.5) is 5.69 Å². The first-order valence-corrected chi connectivity index (χ1v) is 2.69. The zero-order chi connectivity index (χ0) is 6.10. The van der Waals surface area contributed by atoms with Crippen molar-refractivity contribution in [2.75, 3.05) is 5.43 Å². The molecule has 0 saturated carbocycles. The van der Waals surface area contributed by atoms with Crippen LogP contribution in [0.3, 0.4) is 0 Å². The number of anilines is 1. The molecule has 0 saturated heterocycles. The van der Waals surface area contributed by atoms with Crippen LogP contribution in [0.25, 0.3) is 0 Å². The van der Waals surface area contributed by atoms with Crippen LogP contribution in [0.2, 0.25) is 0 Å².